The number of hydrogen-bond donors (Lipinski definition) is 0. The standard InChI is InChI=1S/C48H30O/c1-2-10-31(11-3-1)37-24-26-39-40-27-25-38(30-46(40)49-45(39)29-37)48-43-16-8-6-14-41(43)47(42-15-7-9-17-44(42)48)34-21-18-33(19-22-34)36-23-20-32-12-4-5-13-35(32)28-36/h1-30H/i1D,2D,3D,4D,5D,6D,7D,8D,9D,10D,11D,12D,13D,14D,15D,16D,17D,18D,19D,20D,21D,22D,23D,24D,25D,26D,27D,28D,29D,30D. The van der Waals surface area contributed by atoms with E-state index in [1.54, 1.807) is 0 Å². The summed E-state index contributed by atoms with van der Waals surface area (Å²) in [7, 11) is 0. The molecule has 0 aliphatic carbocycles. The van der Waals surface area contributed by atoms with E-state index >= 15 is 0 Å². The summed E-state index contributed by atoms with van der Waals surface area (Å²) >= 11 is 0. The predicted octanol–water partition coefficient (Wildman–Crippen LogP) is 13.7. The van der Waals surface area contributed by atoms with Gasteiger partial charge in [-0.15, -0.1) is 0 Å². The van der Waals surface area contributed by atoms with Crippen molar-refractivity contribution in [2.75, 3.05) is 0 Å². The summed E-state index contributed by atoms with van der Waals surface area (Å²) in [5, 5.41) is -5.27. The molecule has 228 valence electrons. The minimum absolute atomic E-state index is 0.512. The van der Waals surface area contributed by atoms with E-state index in [9.17, 15) is 16.4 Å². The molecular weight excluding hydrogens is 593 g/mol. The first kappa shape index (κ1) is 11.1. The van der Waals surface area contributed by atoms with E-state index in [1.165, 1.54) is 0 Å². The van der Waals surface area contributed by atoms with Crippen molar-refractivity contribution in [3.8, 4) is 44.5 Å². The Morgan fingerprint density at radius 1 is 0.286 bits per heavy atom. The Morgan fingerprint density at radius 3 is 1.37 bits per heavy atom. The second kappa shape index (κ2) is 11.1. The third-order valence-corrected chi connectivity index (χ3v) is 7.76. The maximum Gasteiger partial charge on any atom is 0.136 e. The van der Waals surface area contributed by atoms with Crippen LogP contribution in [0, 0.1) is 0 Å². The van der Waals surface area contributed by atoms with Crippen LogP contribution < -0.4 is 0 Å². The molecule has 10 rings (SSSR count). The van der Waals surface area contributed by atoms with E-state index < -0.39 is 280 Å². The van der Waals surface area contributed by atoms with Crippen LogP contribution in [0.25, 0.3) is 98.8 Å². The fraction of sp³-hybridized carbons (Fsp3) is 0. The average Bonchev–Trinajstić information content (AvgIpc) is 3.83. The zero-order valence-corrected chi connectivity index (χ0v) is 24.4. The van der Waals surface area contributed by atoms with E-state index in [0.29, 0.717) is 0 Å². The van der Waals surface area contributed by atoms with Gasteiger partial charge in [0.2, 0.25) is 0 Å². The van der Waals surface area contributed by atoms with Gasteiger partial charge in [-0.1, -0.05) is 151 Å². The molecule has 0 N–H and O–H groups in total. The van der Waals surface area contributed by atoms with Crippen LogP contribution in [0.5, 0.6) is 0 Å². The molecular formula is C48H30O. The summed E-state index contributed by atoms with van der Waals surface area (Å²) < 4.78 is 274. The third kappa shape index (κ3) is 4.55. The highest BCUT2D eigenvalue weighted by Gasteiger charge is 2.18. The van der Waals surface area contributed by atoms with Crippen LogP contribution >= 0.6 is 0 Å². The van der Waals surface area contributed by atoms with Crippen molar-refractivity contribution < 1.29 is 45.5 Å². The molecule has 10 aromatic rings. The summed E-state index contributed by atoms with van der Waals surface area (Å²) in [6.45, 7) is 0. The third-order valence-electron chi connectivity index (χ3n) is 7.76. The molecule has 1 aromatic heterocycles. The van der Waals surface area contributed by atoms with E-state index in [0.717, 1.165) is 0 Å². The fourth-order valence-electron chi connectivity index (χ4n) is 5.60. The molecule has 0 aliphatic heterocycles. The molecule has 0 amide bonds. The topological polar surface area (TPSA) is 13.1 Å². The first-order valence-corrected chi connectivity index (χ1v) is 14.4. The molecule has 0 spiro atoms. The Kier molecular flexibility index (Phi) is 2.50. The van der Waals surface area contributed by atoms with Crippen LogP contribution in [-0.4, -0.2) is 0 Å². The average molecular weight is 653 g/mol. The number of hydrogen-bond acceptors (Lipinski definition) is 1. The Balaban J connectivity index is 1.39. The van der Waals surface area contributed by atoms with Crippen molar-refractivity contribution >= 4 is 54.3 Å². The summed E-state index contributed by atoms with van der Waals surface area (Å²) in [5.41, 5.74) is -7.58. The summed E-state index contributed by atoms with van der Waals surface area (Å²) in [4.78, 5) is 0. The van der Waals surface area contributed by atoms with E-state index in [1.807, 2.05) is 0 Å². The van der Waals surface area contributed by atoms with Crippen LogP contribution in [0.1, 0.15) is 41.1 Å². The number of furan rings is 1. The first-order chi connectivity index (χ1) is 36.8. The molecule has 0 saturated heterocycles. The Morgan fingerprint density at radius 2 is 0.714 bits per heavy atom. The smallest absolute Gasteiger partial charge is 0.136 e. The van der Waals surface area contributed by atoms with Crippen LogP contribution in [-0.2, 0) is 0 Å². The Labute approximate surface area is 326 Å². The second-order valence-corrected chi connectivity index (χ2v) is 10.5. The van der Waals surface area contributed by atoms with Crippen molar-refractivity contribution in [3.63, 3.8) is 0 Å². The molecule has 1 heteroatoms. The fourth-order valence-corrected chi connectivity index (χ4v) is 5.60. The van der Waals surface area contributed by atoms with Gasteiger partial charge >= 0.3 is 0 Å². The van der Waals surface area contributed by atoms with Crippen LogP contribution in [0.15, 0.2) is 186 Å². The molecule has 0 radical (unpaired) electrons. The van der Waals surface area contributed by atoms with E-state index in [4.69, 9.17) is 29.1 Å². The Hall–Kier alpha value is -6.44. The predicted molar refractivity (Wildman–Crippen MR) is 208 cm³/mol. The minimum atomic E-state index is -1.11. The molecule has 0 aliphatic rings. The van der Waals surface area contributed by atoms with Gasteiger partial charge in [0.05, 0.1) is 41.1 Å². The number of benzene rings is 9. The quantitative estimate of drug-likeness (QED) is 0.172. The maximum atomic E-state index is 9.72. The lowest BCUT2D eigenvalue weighted by Crippen LogP contribution is -1.91. The monoisotopic (exact) mass is 652 g/mol. The number of rotatable bonds is 4. The summed E-state index contributed by atoms with van der Waals surface area (Å²) in [5.74, 6) is 0. The Bertz CT molecular complexity index is 4460. The minimum Gasteiger partial charge on any atom is -0.456 e. The summed E-state index contributed by atoms with van der Waals surface area (Å²) in [6, 6.07) is -28.1. The molecule has 9 aromatic carbocycles. The van der Waals surface area contributed by atoms with Crippen LogP contribution in [0.4, 0.5) is 0 Å². The molecule has 0 bridgehead atoms. The molecule has 0 atom stereocenters. The lowest BCUT2D eigenvalue weighted by atomic mass is 9.85. The highest BCUT2D eigenvalue weighted by molar-refractivity contribution is 6.22. The summed E-state index contributed by atoms with van der Waals surface area (Å²) in [6.07, 6.45) is 0. The normalized spacial score (nSPS) is 20.2. The highest BCUT2D eigenvalue weighted by atomic mass is 16.3. The largest absolute Gasteiger partial charge is 0.456 e. The van der Waals surface area contributed by atoms with Gasteiger partial charge in [0.15, 0.2) is 0 Å². The molecule has 49 heavy (non-hydrogen) atoms. The molecule has 0 fully saturated rings. The van der Waals surface area contributed by atoms with Crippen molar-refractivity contribution in [1.29, 1.82) is 0 Å². The van der Waals surface area contributed by atoms with Gasteiger partial charge in [-0.2, -0.15) is 0 Å². The van der Waals surface area contributed by atoms with Crippen LogP contribution in [0.2, 0.25) is 0 Å². The lowest BCUT2D eigenvalue weighted by molar-refractivity contribution is 0.669. The molecule has 1 heterocycles. The van der Waals surface area contributed by atoms with Gasteiger partial charge in [0.1, 0.15) is 11.2 Å². The molecule has 1 nitrogen and oxygen atoms in total. The van der Waals surface area contributed by atoms with Gasteiger partial charge in [0, 0.05) is 10.8 Å². The maximum absolute atomic E-state index is 9.72. The van der Waals surface area contributed by atoms with Gasteiger partial charge in [0.25, 0.3) is 0 Å². The van der Waals surface area contributed by atoms with Crippen molar-refractivity contribution in [2.45, 2.75) is 0 Å². The van der Waals surface area contributed by atoms with E-state index in [-0.39, 0.29) is 0 Å². The van der Waals surface area contributed by atoms with Crippen molar-refractivity contribution in [2.24, 2.45) is 0 Å². The van der Waals surface area contributed by atoms with E-state index in [2.05, 4.69) is 0 Å². The second-order valence-electron chi connectivity index (χ2n) is 10.5. The van der Waals surface area contributed by atoms with Gasteiger partial charge in [-0.25, -0.2) is 0 Å². The zero-order chi connectivity index (χ0) is 58.4. The van der Waals surface area contributed by atoms with Crippen molar-refractivity contribution in [3.05, 3.63) is 181 Å². The SMILES string of the molecule is [2H]c1c([2H])c([2H])c(-c2c([2H])c([2H])c3c(oc4c([2H])c(-c5c6c([2H])c([2H])c([2H])c([2H])c6c(-c6c([2H])c([2H])c(-c7c([2H])c([2H])c8c([2H])c([2H])c([2H])c([2H])c8c7[2H])c([2H])c6[2H])c6c([2H])c([2H])c([2H])c([2H])c56)c([2H])c([2H])c43)c2[2H])c([2H])c1[2H]. The van der Waals surface area contributed by atoms with Gasteiger partial charge in [-0.05, 0) is 107 Å². The molecule has 0 saturated carbocycles. The lowest BCUT2D eigenvalue weighted by Gasteiger charge is -2.18. The highest BCUT2D eigenvalue weighted by Crippen LogP contribution is 2.45. The first-order valence-electron chi connectivity index (χ1n) is 29.4. The van der Waals surface area contributed by atoms with Crippen LogP contribution in [0.3, 0.4) is 0 Å². The molecule has 0 unspecified atom stereocenters. The number of fused-ring (bicyclic) bond motifs is 6. The van der Waals surface area contributed by atoms with Gasteiger partial charge in [-0.3, -0.25) is 0 Å². The van der Waals surface area contributed by atoms with Gasteiger partial charge < -0.3 is 4.42 Å². The van der Waals surface area contributed by atoms with Crippen molar-refractivity contribution in [1.82, 2.24) is 0 Å². The zero-order valence-electron chi connectivity index (χ0n) is 54.4.